The molecule has 0 aliphatic heterocycles. The van der Waals surface area contributed by atoms with Crippen molar-refractivity contribution in [3.8, 4) is 0 Å². The van der Waals surface area contributed by atoms with Crippen molar-refractivity contribution in [1.29, 1.82) is 0 Å². The van der Waals surface area contributed by atoms with Gasteiger partial charge in [0.2, 0.25) is 5.12 Å². The van der Waals surface area contributed by atoms with Crippen LogP contribution in [0.2, 0.25) is 0 Å². The van der Waals surface area contributed by atoms with Gasteiger partial charge in [-0.2, -0.15) is 0 Å². The topological polar surface area (TPSA) is 64.6 Å². The van der Waals surface area contributed by atoms with Crippen LogP contribution in [0.1, 0.15) is 58.4 Å². The number of ether oxygens (including phenoxy) is 1. The Morgan fingerprint density at radius 1 is 1.04 bits per heavy atom. The number of alkyl carbamates (subject to hydrolysis) is 1. The number of unbranched alkanes of at least 4 members (excludes halogenated alkanes) is 3. The summed E-state index contributed by atoms with van der Waals surface area (Å²) < 4.78 is 10.5. The van der Waals surface area contributed by atoms with Crippen molar-refractivity contribution in [3.63, 3.8) is 0 Å². The second-order valence-electron chi connectivity index (χ2n) is 7.11. The van der Waals surface area contributed by atoms with E-state index in [0.29, 0.717) is 19.6 Å². The number of hydrogen-bond acceptors (Lipinski definition) is 5. The van der Waals surface area contributed by atoms with Gasteiger partial charge in [0.25, 0.3) is 0 Å². The zero-order valence-electron chi connectivity index (χ0n) is 16.1. The van der Waals surface area contributed by atoms with Crippen molar-refractivity contribution < 1.29 is 18.5 Å². The molecular weight excluding hydrogens is 350 g/mol. The second kappa shape index (κ2) is 12.8. The molecule has 0 aliphatic rings. The van der Waals surface area contributed by atoms with Gasteiger partial charge in [0.15, 0.2) is 0 Å². The van der Waals surface area contributed by atoms with Gasteiger partial charge in [-0.15, -0.1) is 0 Å². The van der Waals surface area contributed by atoms with Crippen molar-refractivity contribution in [1.82, 2.24) is 5.32 Å². The fourth-order valence-corrected chi connectivity index (χ4v) is 2.70. The fourth-order valence-electron chi connectivity index (χ4n) is 2.18. The number of benzene rings is 1. The summed E-state index contributed by atoms with van der Waals surface area (Å²) in [5, 5.41) is 2.81. The minimum atomic E-state index is -0.461. The molecule has 1 aromatic carbocycles. The Balaban J connectivity index is 1.90. The standard InChI is InChI=1S/C20H31NO4S/c1-20(2,3)25-19(23)21-15-9-4-5-10-16-24-26-18(22)14-13-17-11-7-6-8-12-17/h6-8,11-12H,4-5,9-10,13-16H2,1-3H3,(H,21,23). The molecule has 1 N–H and O–H groups in total. The quantitative estimate of drug-likeness (QED) is 0.436. The Labute approximate surface area is 161 Å². The van der Waals surface area contributed by atoms with E-state index >= 15 is 0 Å². The van der Waals surface area contributed by atoms with E-state index in [2.05, 4.69) is 5.32 Å². The van der Waals surface area contributed by atoms with E-state index < -0.39 is 5.60 Å². The Bertz CT molecular complexity index is 528. The highest BCUT2D eigenvalue weighted by Gasteiger charge is 2.15. The summed E-state index contributed by atoms with van der Waals surface area (Å²) in [7, 11) is 0. The first-order valence-electron chi connectivity index (χ1n) is 9.20. The van der Waals surface area contributed by atoms with Crippen LogP contribution in [0, 0.1) is 0 Å². The molecule has 0 spiro atoms. The average Bonchev–Trinajstić information content (AvgIpc) is 2.58. The lowest BCUT2D eigenvalue weighted by Gasteiger charge is -2.19. The molecule has 0 aromatic heterocycles. The van der Waals surface area contributed by atoms with Crippen molar-refractivity contribution in [2.24, 2.45) is 0 Å². The van der Waals surface area contributed by atoms with Crippen LogP contribution in [0.15, 0.2) is 30.3 Å². The highest BCUT2D eigenvalue weighted by Crippen LogP contribution is 2.12. The summed E-state index contributed by atoms with van der Waals surface area (Å²) in [5.74, 6) is 0. The van der Waals surface area contributed by atoms with Gasteiger partial charge in [0, 0.05) is 13.0 Å². The van der Waals surface area contributed by atoms with E-state index in [0.717, 1.165) is 44.1 Å². The number of hydrogen-bond donors (Lipinski definition) is 1. The van der Waals surface area contributed by atoms with Crippen LogP contribution in [0.5, 0.6) is 0 Å². The molecule has 146 valence electrons. The molecule has 1 aromatic rings. The maximum Gasteiger partial charge on any atom is 0.407 e. The van der Waals surface area contributed by atoms with Crippen LogP contribution in [0.4, 0.5) is 4.79 Å². The fraction of sp³-hybridized carbons (Fsp3) is 0.600. The molecule has 0 aliphatic carbocycles. The molecule has 5 nitrogen and oxygen atoms in total. The third kappa shape index (κ3) is 12.8. The first-order valence-corrected chi connectivity index (χ1v) is 9.94. The van der Waals surface area contributed by atoms with Gasteiger partial charge in [0.05, 0.1) is 18.6 Å². The van der Waals surface area contributed by atoms with Gasteiger partial charge < -0.3 is 14.2 Å². The molecule has 0 saturated carbocycles. The number of carbonyl (C=O) groups is 2. The summed E-state index contributed by atoms with van der Waals surface area (Å²) in [6.07, 6.45) is 4.70. The highest BCUT2D eigenvalue weighted by atomic mass is 32.2. The molecule has 0 fully saturated rings. The van der Waals surface area contributed by atoms with Gasteiger partial charge in [-0.05, 0) is 45.6 Å². The van der Waals surface area contributed by atoms with Gasteiger partial charge in [-0.1, -0.05) is 43.2 Å². The molecule has 0 saturated heterocycles. The normalized spacial score (nSPS) is 11.2. The monoisotopic (exact) mass is 381 g/mol. The molecule has 0 bridgehead atoms. The Hall–Kier alpha value is -1.53. The maximum absolute atomic E-state index is 11.7. The molecule has 0 unspecified atom stereocenters. The third-order valence-electron chi connectivity index (χ3n) is 3.44. The number of carbonyl (C=O) groups excluding carboxylic acids is 2. The Morgan fingerprint density at radius 3 is 2.42 bits per heavy atom. The molecular formula is C20H31NO4S. The van der Waals surface area contributed by atoms with Gasteiger partial charge in [-0.25, -0.2) is 4.79 Å². The van der Waals surface area contributed by atoms with Crippen molar-refractivity contribution in [3.05, 3.63) is 35.9 Å². The van der Waals surface area contributed by atoms with Crippen LogP contribution < -0.4 is 5.32 Å². The van der Waals surface area contributed by atoms with Crippen molar-refractivity contribution in [2.75, 3.05) is 13.2 Å². The van der Waals surface area contributed by atoms with Crippen LogP contribution in [0.3, 0.4) is 0 Å². The first-order chi connectivity index (χ1) is 12.4. The lowest BCUT2D eigenvalue weighted by molar-refractivity contribution is -0.111. The summed E-state index contributed by atoms with van der Waals surface area (Å²) in [6.45, 7) is 6.72. The SMILES string of the molecule is CC(C)(C)OC(=O)NCCCCCCOSC(=O)CCc1ccccc1. The molecule has 1 amide bonds. The van der Waals surface area contributed by atoms with Gasteiger partial charge >= 0.3 is 6.09 Å². The minimum Gasteiger partial charge on any atom is -0.444 e. The molecule has 6 heteroatoms. The molecule has 0 heterocycles. The summed E-state index contributed by atoms with van der Waals surface area (Å²) in [6, 6.07) is 9.97. The van der Waals surface area contributed by atoms with E-state index in [-0.39, 0.29) is 11.2 Å². The van der Waals surface area contributed by atoms with E-state index in [4.69, 9.17) is 8.92 Å². The summed E-state index contributed by atoms with van der Waals surface area (Å²) in [4.78, 5) is 23.2. The van der Waals surface area contributed by atoms with Gasteiger partial charge in [-0.3, -0.25) is 4.79 Å². The lowest BCUT2D eigenvalue weighted by atomic mass is 10.1. The molecule has 1 rings (SSSR count). The minimum absolute atomic E-state index is 0.0652. The van der Waals surface area contributed by atoms with E-state index in [1.165, 1.54) is 5.56 Å². The lowest BCUT2D eigenvalue weighted by Crippen LogP contribution is -2.32. The van der Waals surface area contributed by atoms with Crippen molar-refractivity contribution >= 4 is 23.3 Å². The Morgan fingerprint density at radius 2 is 1.73 bits per heavy atom. The van der Waals surface area contributed by atoms with Crippen molar-refractivity contribution in [2.45, 2.75) is 64.9 Å². The average molecular weight is 382 g/mol. The van der Waals surface area contributed by atoms with E-state index in [1.54, 1.807) is 0 Å². The smallest absolute Gasteiger partial charge is 0.407 e. The van der Waals surface area contributed by atoms with Crippen LogP contribution >= 0.6 is 12.0 Å². The summed E-state index contributed by atoms with van der Waals surface area (Å²) in [5.41, 5.74) is 0.707. The third-order valence-corrected chi connectivity index (χ3v) is 4.11. The number of nitrogens with one attached hydrogen (secondary N) is 1. The largest absolute Gasteiger partial charge is 0.444 e. The zero-order chi connectivity index (χ0) is 19.3. The Kier molecular flexibility index (Phi) is 11.1. The van der Waals surface area contributed by atoms with Crippen LogP contribution in [-0.2, 0) is 20.1 Å². The predicted molar refractivity (Wildman–Crippen MR) is 106 cm³/mol. The first kappa shape index (κ1) is 22.5. The zero-order valence-corrected chi connectivity index (χ0v) is 16.9. The maximum atomic E-state index is 11.7. The molecule has 0 atom stereocenters. The van der Waals surface area contributed by atoms with E-state index in [9.17, 15) is 9.59 Å². The van der Waals surface area contributed by atoms with E-state index in [1.807, 2.05) is 51.1 Å². The number of rotatable bonds is 11. The molecule has 0 radical (unpaired) electrons. The summed E-state index contributed by atoms with van der Waals surface area (Å²) >= 11 is 0.961. The highest BCUT2D eigenvalue weighted by molar-refractivity contribution is 8.09. The molecule has 26 heavy (non-hydrogen) atoms. The van der Waals surface area contributed by atoms with Gasteiger partial charge in [0.1, 0.15) is 5.60 Å². The van der Waals surface area contributed by atoms with Crippen LogP contribution in [-0.4, -0.2) is 30.0 Å². The second-order valence-corrected chi connectivity index (χ2v) is 7.96. The number of amides is 1. The number of aryl methyl sites for hydroxylation is 1. The van der Waals surface area contributed by atoms with Crippen LogP contribution in [0.25, 0.3) is 0 Å². The predicted octanol–water partition coefficient (Wildman–Crippen LogP) is 4.90.